The topological polar surface area (TPSA) is 105 Å². The summed E-state index contributed by atoms with van der Waals surface area (Å²) in [6, 6.07) is 8.78. The highest BCUT2D eigenvalue weighted by Gasteiger charge is 2.29. The van der Waals surface area contributed by atoms with Gasteiger partial charge in [-0.15, -0.1) is 0 Å². The summed E-state index contributed by atoms with van der Waals surface area (Å²) in [6.45, 7) is 0. The van der Waals surface area contributed by atoms with Crippen LogP contribution in [-0.4, -0.2) is 38.1 Å². The highest BCUT2D eigenvalue weighted by Crippen LogP contribution is 2.28. The van der Waals surface area contributed by atoms with E-state index >= 15 is 0 Å². The molecule has 23 heavy (non-hydrogen) atoms. The van der Waals surface area contributed by atoms with E-state index in [4.69, 9.17) is 9.15 Å². The van der Waals surface area contributed by atoms with E-state index in [1.54, 1.807) is 31.4 Å². The number of hydrogen-bond acceptors (Lipinski definition) is 7. The summed E-state index contributed by atoms with van der Waals surface area (Å²) in [5, 5.41) is 12.2. The van der Waals surface area contributed by atoms with Gasteiger partial charge >= 0.3 is 0 Å². The summed E-state index contributed by atoms with van der Waals surface area (Å²) >= 11 is 0. The van der Waals surface area contributed by atoms with Gasteiger partial charge in [0, 0.05) is 11.6 Å². The van der Waals surface area contributed by atoms with E-state index in [2.05, 4.69) is 10.3 Å². The van der Waals surface area contributed by atoms with Crippen LogP contribution in [0.2, 0.25) is 0 Å². The SMILES string of the molecule is COc1ccc(-c2nc(C#N)c(N[C@H]3CCS(=O)(=O)C3)o2)cc1. The Morgan fingerprint density at radius 2 is 2.13 bits per heavy atom. The molecule has 1 aliphatic rings. The molecule has 0 spiro atoms. The van der Waals surface area contributed by atoms with Crippen LogP contribution in [0.4, 0.5) is 5.88 Å². The number of oxazole rings is 1. The van der Waals surface area contributed by atoms with Gasteiger partial charge in [0.05, 0.1) is 18.6 Å². The number of ether oxygens (including phenoxy) is 1. The third-order valence-corrected chi connectivity index (χ3v) is 5.41. The molecule has 1 N–H and O–H groups in total. The lowest BCUT2D eigenvalue weighted by atomic mass is 10.2. The van der Waals surface area contributed by atoms with E-state index in [1.807, 2.05) is 6.07 Å². The minimum Gasteiger partial charge on any atom is -0.497 e. The second-order valence-electron chi connectivity index (χ2n) is 5.28. The van der Waals surface area contributed by atoms with Crippen LogP contribution >= 0.6 is 0 Å². The maximum atomic E-state index is 11.5. The molecule has 1 saturated heterocycles. The van der Waals surface area contributed by atoms with Gasteiger partial charge in [0.25, 0.3) is 0 Å². The van der Waals surface area contributed by atoms with Crippen molar-refractivity contribution in [2.24, 2.45) is 0 Å². The molecule has 3 rings (SSSR count). The van der Waals surface area contributed by atoms with Crippen molar-refractivity contribution in [2.45, 2.75) is 12.5 Å². The minimum absolute atomic E-state index is 0.0381. The first-order chi connectivity index (χ1) is 11.0. The number of anilines is 1. The highest BCUT2D eigenvalue weighted by molar-refractivity contribution is 7.91. The largest absolute Gasteiger partial charge is 0.497 e. The zero-order valence-electron chi connectivity index (χ0n) is 12.4. The lowest BCUT2D eigenvalue weighted by molar-refractivity contribution is 0.415. The molecule has 0 radical (unpaired) electrons. The average molecular weight is 333 g/mol. The zero-order valence-corrected chi connectivity index (χ0v) is 13.3. The molecule has 0 amide bonds. The molecule has 1 fully saturated rings. The second-order valence-corrected chi connectivity index (χ2v) is 7.51. The summed E-state index contributed by atoms with van der Waals surface area (Å²) in [5.74, 6) is 1.39. The normalized spacial score (nSPS) is 19.2. The Balaban J connectivity index is 1.84. The van der Waals surface area contributed by atoms with Crippen LogP contribution < -0.4 is 10.1 Å². The van der Waals surface area contributed by atoms with E-state index in [9.17, 15) is 13.7 Å². The van der Waals surface area contributed by atoms with Gasteiger partial charge in [-0.25, -0.2) is 8.42 Å². The molecule has 1 atom stereocenters. The molecular formula is C15H15N3O4S. The summed E-state index contributed by atoms with van der Waals surface area (Å²) in [6.07, 6.45) is 0.492. The Morgan fingerprint density at radius 1 is 1.39 bits per heavy atom. The van der Waals surface area contributed by atoms with Crippen molar-refractivity contribution < 1.29 is 17.6 Å². The van der Waals surface area contributed by atoms with Crippen LogP contribution in [0.15, 0.2) is 28.7 Å². The maximum absolute atomic E-state index is 11.5. The van der Waals surface area contributed by atoms with E-state index in [0.717, 1.165) is 0 Å². The molecule has 0 saturated carbocycles. The number of benzene rings is 1. The molecule has 1 aromatic heterocycles. The molecule has 8 heteroatoms. The van der Waals surface area contributed by atoms with Crippen LogP contribution in [0, 0.1) is 11.3 Å². The van der Waals surface area contributed by atoms with Crippen LogP contribution in [0.5, 0.6) is 5.75 Å². The van der Waals surface area contributed by atoms with Gasteiger partial charge in [-0.3, -0.25) is 0 Å². The number of nitrogens with one attached hydrogen (secondary N) is 1. The Kier molecular flexibility index (Phi) is 3.96. The van der Waals surface area contributed by atoms with Gasteiger partial charge in [0.15, 0.2) is 9.84 Å². The first-order valence-electron chi connectivity index (χ1n) is 7.03. The monoisotopic (exact) mass is 333 g/mol. The van der Waals surface area contributed by atoms with E-state index in [1.165, 1.54) is 0 Å². The molecule has 0 bridgehead atoms. The van der Waals surface area contributed by atoms with Gasteiger partial charge < -0.3 is 14.5 Å². The van der Waals surface area contributed by atoms with Crippen molar-refractivity contribution >= 4 is 15.7 Å². The number of aromatic nitrogens is 1. The molecule has 1 aromatic carbocycles. The number of nitriles is 1. The standard InChI is InChI=1S/C15H15N3O4S/c1-21-12-4-2-10(3-5-12)14-18-13(8-16)15(22-14)17-11-6-7-23(19,20)9-11/h2-5,11,17H,6-7,9H2,1H3/t11-/m0/s1. The van der Waals surface area contributed by atoms with Crippen LogP contribution in [0.3, 0.4) is 0 Å². The molecular weight excluding hydrogens is 318 g/mol. The number of sulfone groups is 1. The minimum atomic E-state index is -3.01. The highest BCUT2D eigenvalue weighted by atomic mass is 32.2. The van der Waals surface area contributed by atoms with E-state index in [0.29, 0.717) is 23.6 Å². The predicted molar refractivity (Wildman–Crippen MR) is 83.9 cm³/mol. The fraction of sp³-hybridized carbons (Fsp3) is 0.333. The Morgan fingerprint density at radius 3 is 2.70 bits per heavy atom. The number of rotatable bonds is 4. The summed E-state index contributed by atoms with van der Waals surface area (Å²) in [4.78, 5) is 4.15. The van der Waals surface area contributed by atoms with E-state index in [-0.39, 0.29) is 29.1 Å². The summed E-state index contributed by atoms with van der Waals surface area (Å²) < 4.78 is 33.7. The van der Waals surface area contributed by atoms with Gasteiger partial charge in [-0.1, -0.05) is 0 Å². The van der Waals surface area contributed by atoms with Crippen molar-refractivity contribution in [3.63, 3.8) is 0 Å². The lowest BCUT2D eigenvalue weighted by Gasteiger charge is -2.08. The lowest BCUT2D eigenvalue weighted by Crippen LogP contribution is -2.20. The molecule has 120 valence electrons. The fourth-order valence-electron chi connectivity index (χ4n) is 2.45. The third kappa shape index (κ3) is 3.29. The van der Waals surface area contributed by atoms with Crippen molar-refractivity contribution in [2.75, 3.05) is 23.9 Å². The first-order valence-corrected chi connectivity index (χ1v) is 8.85. The number of hydrogen-bond donors (Lipinski definition) is 1. The molecule has 2 heterocycles. The van der Waals surface area contributed by atoms with Crippen LogP contribution in [-0.2, 0) is 9.84 Å². The average Bonchev–Trinajstić information content (AvgIpc) is 3.10. The Labute approximate surface area is 133 Å². The van der Waals surface area contributed by atoms with Gasteiger partial charge in [0.2, 0.25) is 17.5 Å². The first kappa shape index (κ1) is 15.4. The van der Waals surface area contributed by atoms with Crippen molar-refractivity contribution in [1.82, 2.24) is 4.98 Å². The number of methoxy groups -OCH3 is 1. The van der Waals surface area contributed by atoms with Gasteiger partial charge in [0.1, 0.15) is 11.8 Å². The van der Waals surface area contributed by atoms with Crippen molar-refractivity contribution in [3.05, 3.63) is 30.0 Å². The second kappa shape index (κ2) is 5.93. The summed E-state index contributed by atoms with van der Waals surface area (Å²) in [7, 11) is -1.43. The molecule has 0 unspecified atom stereocenters. The third-order valence-electron chi connectivity index (χ3n) is 3.64. The maximum Gasteiger partial charge on any atom is 0.232 e. The van der Waals surface area contributed by atoms with Crippen molar-refractivity contribution in [3.8, 4) is 23.3 Å². The number of nitrogens with zero attached hydrogens (tertiary/aromatic N) is 2. The smallest absolute Gasteiger partial charge is 0.232 e. The van der Waals surface area contributed by atoms with Crippen LogP contribution in [0.25, 0.3) is 11.5 Å². The Bertz CT molecular complexity index is 850. The summed E-state index contributed by atoms with van der Waals surface area (Å²) in [5.41, 5.74) is 0.814. The molecule has 2 aromatic rings. The van der Waals surface area contributed by atoms with Gasteiger partial charge in [-0.2, -0.15) is 10.2 Å². The predicted octanol–water partition coefficient (Wildman–Crippen LogP) is 1.82. The quantitative estimate of drug-likeness (QED) is 0.909. The fourth-order valence-corrected chi connectivity index (χ4v) is 4.12. The molecule has 0 aliphatic carbocycles. The molecule has 1 aliphatic heterocycles. The van der Waals surface area contributed by atoms with Crippen molar-refractivity contribution in [1.29, 1.82) is 5.26 Å². The zero-order chi connectivity index (χ0) is 16.4. The Hall–Kier alpha value is -2.53. The van der Waals surface area contributed by atoms with Gasteiger partial charge in [-0.05, 0) is 30.7 Å². The molecule has 7 nitrogen and oxygen atoms in total. The van der Waals surface area contributed by atoms with E-state index < -0.39 is 9.84 Å². The van der Waals surface area contributed by atoms with Crippen LogP contribution in [0.1, 0.15) is 12.1 Å².